The first kappa shape index (κ1) is 22.1. The largest absolute Gasteiger partial charge is 0.481 e. The fraction of sp³-hybridized carbons (Fsp3) is 0.273. The minimum absolute atomic E-state index is 0.00166. The number of thioether (sulfide) groups is 1. The lowest BCUT2D eigenvalue weighted by Crippen LogP contribution is -2.23. The maximum Gasteiger partial charge on any atom is 0.307 e. The van der Waals surface area contributed by atoms with Crippen LogP contribution in [0, 0.1) is 23.2 Å². The summed E-state index contributed by atoms with van der Waals surface area (Å²) < 4.78 is 2.61. The van der Waals surface area contributed by atoms with E-state index in [9.17, 15) is 20.0 Å². The highest BCUT2D eigenvalue weighted by Crippen LogP contribution is 2.32. The number of fused-ring (bicyclic) bond motifs is 1. The van der Waals surface area contributed by atoms with Crippen molar-refractivity contribution in [3.8, 4) is 11.8 Å². The van der Waals surface area contributed by atoms with E-state index in [1.165, 1.54) is 11.8 Å². The maximum atomic E-state index is 12.4. The van der Waals surface area contributed by atoms with E-state index in [1.54, 1.807) is 26.1 Å². The number of rotatable bonds is 8. The summed E-state index contributed by atoms with van der Waals surface area (Å²) >= 11 is 4.79. The van der Waals surface area contributed by atoms with Crippen molar-refractivity contribution in [1.29, 1.82) is 5.26 Å². The van der Waals surface area contributed by atoms with Crippen molar-refractivity contribution in [3.05, 3.63) is 52.8 Å². The highest BCUT2D eigenvalue weighted by atomic mass is 79.9. The van der Waals surface area contributed by atoms with Crippen molar-refractivity contribution in [2.45, 2.75) is 25.4 Å². The van der Waals surface area contributed by atoms with Gasteiger partial charge in [0.25, 0.3) is 0 Å². The lowest BCUT2D eigenvalue weighted by atomic mass is 9.91. The Morgan fingerprint density at radius 2 is 1.93 bits per heavy atom. The molecule has 1 heterocycles. The molecule has 0 bridgehead atoms. The molecule has 154 valence electrons. The molecule has 6 nitrogen and oxygen atoms in total. The van der Waals surface area contributed by atoms with Gasteiger partial charge in [0.2, 0.25) is 0 Å². The zero-order chi connectivity index (χ0) is 21.8. The lowest BCUT2D eigenvalue weighted by molar-refractivity contribution is -0.145. The van der Waals surface area contributed by atoms with Crippen LogP contribution in [0.25, 0.3) is 16.5 Å². The van der Waals surface area contributed by atoms with Gasteiger partial charge in [0.15, 0.2) is 5.16 Å². The first-order valence-corrected chi connectivity index (χ1v) is 11.1. The summed E-state index contributed by atoms with van der Waals surface area (Å²) in [5.41, 5.74) is 1.43. The average Bonchev–Trinajstić information content (AvgIpc) is 3.09. The number of Topliss-reactive ketones (excluding diaryl/α,β-unsaturated/α-hetero) is 1. The molecule has 0 radical (unpaired) electrons. The van der Waals surface area contributed by atoms with Gasteiger partial charge in [-0.25, -0.2) is 4.98 Å². The number of carboxylic acid groups (broad SMARTS) is 1. The zero-order valence-corrected chi connectivity index (χ0v) is 18.9. The van der Waals surface area contributed by atoms with Gasteiger partial charge >= 0.3 is 5.97 Å². The summed E-state index contributed by atoms with van der Waals surface area (Å²) in [6.07, 6.45) is 1.66. The van der Waals surface area contributed by atoms with E-state index in [0.717, 1.165) is 21.1 Å². The van der Waals surface area contributed by atoms with E-state index in [1.807, 2.05) is 34.9 Å². The Bertz CT molecular complexity index is 1150. The van der Waals surface area contributed by atoms with Gasteiger partial charge in [-0.2, -0.15) is 5.26 Å². The Morgan fingerprint density at radius 3 is 2.57 bits per heavy atom. The normalized spacial score (nSPS) is 12.1. The predicted octanol–water partition coefficient (Wildman–Crippen LogP) is 5.07. The first-order chi connectivity index (χ1) is 14.3. The van der Waals surface area contributed by atoms with Gasteiger partial charge in [-0.1, -0.05) is 49.9 Å². The number of hydrogen-bond acceptors (Lipinski definition) is 5. The summed E-state index contributed by atoms with van der Waals surface area (Å²) in [7, 11) is 0. The van der Waals surface area contributed by atoms with Crippen LogP contribution in [0.1, 0.15) is 25.8 Å². The first-order valence-electron chi connectivity index (χ1n) is 9.36. The number of nitriles is 1. The van der Waals surface area contributed by atoms with Crippen LogP contribution in [-0.2, 0) is 9.59 Å². The summed E-state index contributed by atoms with van der Waals surface area (Å²) in [4.78, 5) is 28.2. The minimum atomic E-state index is -0.948. The topological polar surface area (TPSA) is 96.0 Å². The van der Waals surface area contributed by atoms with Gasteiger partial charge in [-0.05, 0) is 34.0 Å². The molecule has 3 aromatic rings. The van der Waals surface area contributed by atoms with Crippen molar-refractivity contribution < 1.29 is 14.7 Å². The number of imidazole rings is 1. The number of carbonyl (C=O) groups excluding carboxylic acids is 1. The van der Waals surface area contributed by atoms with E-state index >= 15 is 0 Å². The van der Waals surface area contributed by atoms with Gasteiger partial charge < -0.3 is 5.11 Å². The minimum Gasteiger partial charge on any atom is -0.481 e. The van der Waals surface area contributed by atoms with E-state index in [0.29, 0.717) is 10.7 Å². The number of aliphatic carboxylic acids is 1. The van der Waals surface area contributed by atoms with E-state index in [-0.39, 0.29) is 23.9 Å². The molecule has 0 fully saturated rings. The molecule has 0 saturated heterocycles. The molecule has 0 amide bonds. The molecule has 1 aromatic heterocycles. The highest BCUT2D eigenvalue weighted by Gasteiger charge is 2.25. The molecular weight excluding hydrogens is 466 g/mol. The average molecular weight is 486 g/mol. The third kappa shape index (κ3) is 4.58. The molecule has 0 aliphatic carbocycles. The number of hydrogen-bond donors (Lipinski definition) is 1. The van der Waals surface area contributed by atoms with Crippen LogP contribution in [-0.4, -0.2) is 32.2 Å². The summed E-state index contributed by atoms with van der Waals surface area (Å²) in [6, 6.07) is 13.5. The Labute approximate surface area is 187 Å². The SMILES string of the molecule is CC(C)[C@H](CC(=O)CSc1ncc(Br)n1-c1ccc(C#N)c2ccccc12)C(=O)O. The van der Waals surface area contributed by atoms with Crippen molar-refractivity contribution in [1.82, 2.24) is 9.55 Å². The summed E-state index contributed by atoms with van der Waals surface area (Å²) in [5, 5.41) is 21.1. The molecule has 1 atom stereocenters. The van der Waals surface area contributed by atoms with Crippen LogP contribution < -0.4 is 0 Å². The molecule has 1 N–H and O–H groups in total. The van der Waals surface area contributed by atoms with Crippen LogP contribution >= 0.6 is 27.7 Å². The maximum absolute atomic E-state index is 12.4. The lowest BCUT2D eigenvalue weighted by Gasteiger charge is -2.15. The van der Waals surface area contributed by atoms with Crippen LogP contribution in [0.5, 0.6) is 0 Å². The number of aromatic nitrogens is 2. The predicted molar refractivity (Wildman–Crippen MR) is 120 cm³/mol. The van der Waals surface area contributed by atoms with Crippen LogP contribution in [0.3, 0.4) is 0 Å². The number of benzene rings is 2. The summed E-state index contributed by atoms with van der Waals surface area (Å²) in [6.45, 7) is 3.61. The third-order valence-electron chi connectivity index (χ3n) is 4.88. The molecule has 0 aliphatic heterocycles. The van der Waals surface area contributed by atoms with Crippen LogP contribution in [0.4, 0.5) is 0 Å². The monoisotopic (exact) mass is 485 g/mol. The zero-order valence-electron chi connectivity index (χ0n) is 16.5. The van der Waals surface area contributed by atoms with E-state index in [4.69, 9.17) is 0 Å². The molecule has 2 aromatic carbocycles. The Balaban J connectivity index is 1.89. The third-order valence-corrected chi connectivity index (χ3v) is 6.45. The fourth-order valence-electron chi connectivity index (χ4n) is 3.27. The number of nitrogens with zero attached hydrogens (tertiary/aromatic N) is 3. The van der Waals surface area contributed by atoms with Crippen LogP contribution in [0.2, 0.25) is 0 Å². The van der Waals surface area contributed by atoms with Crippen molar-refractivity contribution in [2.24, 2.45) is 11.8 Å². The molecular formula is C22H20BrN3O3S. The van der Waals surface area contributed by atoms with Gasteiger partial charge in [0.1, 0.15) is 10.4 Å². The van der Waals surface area contributed by atoms with E-state index in [2.05, 4.69) is 27.0 Å². The van der Waals surface area contributed by atoms with Gasteiger partial charge in [0.05, 0.1) is 35.2 Å². The van der Waals surface area contributed by atoms with Gasteiger partial charge in [-0.3, -0.25) is 14.2 Å². The Kier molecular flexibility index (Phi) is 6.95. The molecule has 8 heteroatoms. The second-order valence-corrected chi connectivity index (χ2v) is 8.96. The second-order valence-electron chi connectivity index (χ2n) is 7.21. The smallest absolute Gasteiger partial charge is 0.307 e. The molecule has 0 aliphatic rings. The second kappa shape index (κ2) is 9.45. The molecule has 3 rings (SSSR count). The molecule has 0 unspecified atom stereocenters. The number of carboxylic acids is 1. The fourth-order valence-corrected chi connectivity index (χ4v) is 4.71. The Hall–Kier alpha value is -2.63. The molecule has 0 spiro atoms. The number of carbonyl (C=O) groups is 2. The molecule has 0 saturated carbocycles. The van der Waals surface area contributed by atoms with E-state index < -0.39 is 11.9 Å². The number of ketones is 1. The standard InChI is InChI=1S/C22H20BrN3O3S/c1-13(2)18(21(28)29)9-15(27)12-30-22-25-11-20(23)26(22)19-8-7-14(10-24)16-5-3-4-6-17(16)19/h3-8,11,13,18H,9,12H2,1-2H3,(H,28,29)/t18-/m0/s1. The van der Waals surface area contributed by atoms with Gasteiger partial charge in [0, 0.05) is 17.2 Å². The Morgan fingerprint density at radius 1 is 1.23 bits per heavy atom. The quantitative estimate of drug-likeness (QED) is 0.447. The van der Waals surface area contributed by atoms with Crippen LogP contribution in [0.15, 0.2) is 52.4 Å². The van der Waals surface area contributed by atoms with Crippen molar-refractivity contribution in [3.63, 3.8) is 0 Å². The van der Waals surface area contributed by atoms with Crippen molar-refractivity contribution >= 4 is 50.2 Å². The number of halogens is 1. The highest BCUT2D eigenvalue weighted by molar-refractivity contribution is 9.10. The summed E-state index contributed by atoms with van der Waals surface area (Å²) in [5.74, 6) is -1.74. The van der Waals surface area contributed by atoms with Gasteiger partial charge in [-0.15, -0.1) is 0 Å². The molecule has 30 heavy (non-hydrogen) atoms. The van der Waals surface area contributed by atoms with Crippen molar-refractivity contribution in [2.75, 3.05) is 5.75 Å².